The SMILES string of the molecule is CCNC(=O)C1CC[C@@](C)(C(=O)NCc2nc(C)cc(=O)[nH]2)C1(C)C. The summed E-state index contributed by atoms with van der Waals surface area (Å²) in [7, 11) is 0. The van der Waals surface area contributed by atoms with E-state index in [1.54, 1.807) is 6.92 Å². The molecule has 25 heavy (non-hydrogen) atoms. The van der Waals surface area contributed by atoms with Gasteiger partial charge in [-0.1, -0.05) is 20.8 Å². The summed E-state index contributed by atoms with van der Waals surface area (Å²) in [6, 6.07) is 1.41. The minimum atomic E-state index is -0.660. The summed E-state index contributed by atoms with van der Waals surface area (Å²) in [6.45, 7) is 10.2. The Morgan fingerprint density at radius 3 is 2.60 bits per heavy atom. The molecule has 0 aromatic carbocycles. The van der Waals surface area contributed by atoms with Gasteiger partial charge in [-0.2, -0.15) is 0 Å². The van der Waals surface area contributed by atoms with Gasteiger partial charge in [0.05, 0.1) is 12.0 Å². The van der Waals surface area contributed by atoms with Crippen molar-refractivity contribution in [1.29, 1.82) is 0 Å². The number of carbonyl (C=O) groups excluding carboxylic acids is 2. The predicted octanol–water partition coefficient (Wildman–Crippen LogP) is 1.27. The van der Waals surface area contributed by atoms with Crippen molar-refractivity contribution in [2.75, 3.05) is 6.54 Å². The molecule has 1 saturated carbocycles. The molecule has 0 aliphatic heterocycles. The number of hydrogen-bond donors (Lipinski definition) is 3. The molecule has 7 heteroatoms. The molecule has 1 aromatic rings. The molecule has 1 aliphatic carbocycles. The second-order valence-electron chi connectivity index (χ2n) is 7.56. The maximum atomic E-state index is 12.9. The summed E-state index contributed by atoms with van der Waals surface area (Å²) in [5.74, 6) is 0.125. The van der Waals surface area contributed by atoms with Crippen LogP contribution in [-0.2, 0) is 16.1 Å². The molecule has 1 aromatic heterocycles. The molecule has 2 rings (SSSR count). The van der Waals surface area contributed by atoms with Crippen molar-refractivity contribution in [3.8, 4) is 0 Å². The molecular formula is C18H28N4O3. The quantitative estimate of drug-likeness (QED) is 0.745. The van der Waals surface area contributed by atoms with E-state index in [9.17, 15) is 14.4 Å². The first-order valence-electron chi connectivity index (χ1n) is 8.74. The van der Waals surface area contributed by atoms with Gasteiger partial charge < -0.3 is 15.6 Å². The second-order valence-corrected chi connectivity index (χ2v) is 7.56. The van der Waals surface area contributed by atoms with Crippen molar-refractivity contribution in [2.45, 2.75) is 54.0 Å². The number of hydrogen-bond acceptors (Lipinski definition) is 4. The highest BCUT2D eigenvalue weighted by Crippen LogP contribution is 2.56. The fraction of sp³-hybridized carbons (Fsp3) is 0.667. The Bertz CT molecular complexity index is 725. The van der Waals surface area contributed by atoms with Crippen molar-refractivity contribution < 1.29 is 9.59 Å². The van der Waals surface area contributed by atoms with E-state index in [2.05, 4.69) is 20.6 Å². The van der Waals surface area contributed by atoms with E-state index in [1.165, 1.54) is 6.07 Å². The fourth-order valence-corrected chi connectivity index (χ4v) is 3.75. The lowest BCUT2D eigenvalue weighted by molar-refractivity contribution is -0.139. The number of rotatable bonds is 5. The molecule has 0 bridgehead atoms. The maximum Gasteiger partial charge on any atom is 0.251 e. The van der Waals surface area contributed by atoms with E-state index in [0.29, 0.717) is 30.9 Å². The zero-order valence-corrected chi connectivity index (χ0v) is 15.7. The molecular weight excluding hydrogens is 320 g/mol. The summed E-state index contributed by atoms with van der Waals surface area (Å²) in [4.78, 5) is 43.6. The normalized spacial score (nSPS) is 24.8. The molecule has 1 aliphatic rings. The highest BCUT2D eigenvalue weighted by atomic mass is 16.2. The maximum absolute atomic E-state index is 12.9. The van der Waals surface area contributed by atoms with E-state index < -0.39 is 10.8 Å². The lowest BCUT2D eigenvalue weighted by atomic mass is 9.65. The van der Waals surface area contributed by atoms with Gasteiger partial charge in [0.15, 0.2) is 0 Å². The summed E-state index contributed by atoms with van der Waals surface area (Å²) in [6.07, 6.45) is 1.33. The highest BCUT2D eigenvalue weighted by Gasteiger charge is 2.57. The number of H-pyrrole nitrogens is 1. The standard InChI is InChI=1S/C18H28N4O3/c1-6-19-15(24)12-7-8-18(5,17(12,3)4)16(25)20-10-13-21-11(2)9-14(23)22-13/h9,12H,6-8,10H2,1-5H3,(H,19,24)(H,20,25)(H,21,22,23)/t12?,18-/m0/s1. The van der Waals surface area contributed by atoms with Crippen LogP contribution in [0, 0.1) is 23.7 Å². The van der Waals surface area contributed by atoms with Gasteiger partial charge >= 0.3 is 0 Å². The van der Waals surface area contributed by atoms with Crippen LogP contribution in [0.1, 0.15) is 52.1 Å². The van der Waals surface area contributed by atoms with Gasteiger partial charge in [0, 0.05) is 24.2 Å². The zero-order valence-electron chi connectivity index (χ0n) is 15.7. The molecule has 1 unspecified atom stereocenters. The first-order chi connectivity index (χ1) is 11.6. The van der Waals surface area contributed by atoms with Crippen LogP contribution >= 0.6 is 0 Å². The third kappa shape index (κ3) is 3.60. The Labute approximate surface area is 148 Å². The van der Waals surface area contributed by atoms with Crippen LogP contribution < -0.4 is 16.2 Å². The largest absolute Gasteiger partial charge is 0.356 e. The van der Waals surface area contributed by atoms with Gasteiger partial charge in [-0.05, 0) is 32.1 Å². The molecule has 3 N–H and O–H groups in total. The Kier molecular flexibility index (Phi) is 5.34. The van der Waals surface area contributed by atoms with Crippen LogP contribution in [0.5, 0.6) is 0 Å². The van der Waals surface area contributed by atoms with Crippen LogP contribution in [-0.4, -0.2) is 28.3 Å². The summed E-state index contributed by atoms with van der Waals surface area (Å²) in [5, 5.41) is 5.75. The van der Waals surface area contributed by atoms with Crippen molar-refractivity contribution in [2.24, 2.45) is 16.7 Å². The third-order valence-corrected chi connectivity index (χ3v) is 5.73. The number of nitrogens with one attached hydrogen (secondary N) is 3. The monoisotopic (exact) mass is 348 g/mol. The van der Waals surface area contributed by atoms with Gasteiger partial charge in [-0.15, -0.1) is 0 Å². The smallest absolute Gasteiger partial charge is 0.251 e. The van der Waals surface area contributed by atoms with Gasteiger partial charge in [0.1, 0.15) is 5.82 Å². The number of nitrogens with zero attached hydrogens (tertiary/aromatic N) is 1. The van der Waals surface area contributed by atoms with Crippen molar-refractivity contribution in [3.05, 3.63) is 27.9 Å². The summed E-state index contributed by atoms with van der Waals surface area (Å²) >= 11 is 0. The van der Waals surface area contributed by atoms with Crippen LogP contribution in [0.3, 0.4) is 0 Å². The van der Waals surface area contributed by atoms with Crippen LogP contribution in [0.25, 0.3) is 0 Å². The van der Waals surface area contributed by atoms with Crippen molar-refractivity contribution in [1.82, 2.24) is 20.6 Å². The number of carbonyl (C=O) groups is 2. The molecule has 1 heterocycles. The first-order valence-corrected chi connectivity index (χ1v) is 8.74. The minimum absolute atomic E-state index is 0.00806. The van der Waals surface area contributed by atoms with Crippen LogP contribution in [0.4, 0.5) is 0 Å². The molecule has 1 fully saturated rings. The molecule has 0 saturated heterocycles. The number of amides is 2. The van der Waals surface area contributed by atoms with E-state index in [1.807, 2.05) is 27.7 Å². The molecule has 2 atom stereocenters. The van der Waals surface area contributed by atoms with Gasteiger partial charge in [-0.25, -0.2) is 4.98 Å². The highest BCUT2D eigenvalue weighted by molar-refractivity contribution is 5.87. The number of aryl methyl sites for hydroxylation is 1. The Hall–Kier alpha value is -2.18. The van der Waals surface area contributed by atoms with E-state index in [4.69, 9.17) is 0 Å². The molecule has 138 valence electrons. The lowest BCUT2D eigenvalue weighted by Crippen LogP contribution is -2.49. The van der Waals surface area contributed by atoms with E-state index >= 15 is 0 Å². The van der Waals surface area contributed by atoms with Gasteiger partial charge in [0.25, 0.3) is 5.56 Å². The first kappa shape index (κ1) is 19.1. The average Bonchev–Trinajstić information content (AvgIpc) is 2.75. The Balaban J connectivity index is 2.12. The Morgan fingerprint density at radius 1 is 1.32 bits per heavy atom. The van der Waals surface area contributed by atoms with Crippen LogP contribution in [0.15, 0.2) is 10.9 Å². The van der Waals surface area contributed by atoms with Gasteiger partial charge in [-0.3, -0.25) is 14.4 Å². The molecule has 7 nitrogen and oxygen atoms in total. The zero-order chi connectivity index (χ0) is 18.8. The van der Waals surface area contributed by atoms with E-state index in [0.717, 1.165) is 0 Å². The molecule has 2 amide bonds. The predicted molar refractivity (Wildman–Crippen MR) is 94.7 cm³/mol. The minimum Gasteiger partial charge on any atom is -0.356 e. The number of aromatic amines is 1. The Morgan fingerprint density at radius 2 is 2.00 bits per heavy atom. The van der Waals surface area contributed by atoms with Crippen LogP contribution in [0.2, 0.25) is 0 Å². The van der Waals surface area contributed by atoms with E-state index in [-0.39, 0.29) is 29.8 Å². The second kappa shape index (κ2) is 6.98. The third-order valence-electron chi connectivity index (χ3n) is 5.73. The molecule has 0 spiro atoms. The summed E-state index contributed by atoms with van der Waals surface area (Å²) < 4.78 is 0. The fourth-order valence-electron chi connectivity index (χ4n) is 3.75. The number of aromatic nitrogens is 2. The topological polar surface area (TPSA) is 104 Å². The summed E-state index contributed by atoms with van der Waals surface area (Å²) in [5.41, 5.74) is -0.756. The van der Waals surface area contributed by atoms with Crippen molar-refractivity contribution >= 4 is 11.8 Å². The molecule has 0 radical (unpaired) electrons. The van der Waals surface area contributed by atoms with Crippen molar-refractivity contribution in [3.63, 3.8) is 0 Å². The average molecular weight is 348 g/mol. The lowest BCUT2D eigenvalue weighted by Gasteiger charge is -2.39. The van der Waals surface area contributed by atoms with Gasteiger partial charge in [0.2, 0.25) is 11.8 Å².